The SMILES string of the molecule is CCCNC(CC1=CCCCC1)Cc1cccc(OC)c1. The lowest BCUT2D eigenvalue weighted by Crippen LogP contribution is -2.32. The molecule has 0 spiro atoms. The molecule has 1 aromatic rings. The summed E-state index contributed by atoms with van der Waals surface area (Å²) in [5.41, 5.74) is 3.01. The summed E-state index contributed by atoms with van der Waals surface area (Å²) in [7, 11) is 1.73. The van der Waals surface area contributed by atoms with Crippen LogP contribution in [0.2, 0.25) is 0 Å². The lowest BCUT2D eigenvalue weighted by atomic mass is 9.91. The van der Waals surface area contributed by atoms with Crippen LogP contribution in [0.25, 0.3) is 0 Å². The van der Waals surface area contributed by atoms with E-state index in [-0.39, 0.29) is 0 Å². The van der Waals surface area contributed by atoms with Gasteiger partial charge in [0, 0.05) is 6.04 Å². The molecule has 0 amide bonds. The standard InChI is InChI=1S/C19H29NO/c1-3-12-20-18(13-16-8-5-4-6-9-16)14-17-10-7-11-19(15-17)21-2/h7-8,10-11,15,18,20H,3-6,9,12-14H2,1-2H3. The zero-order valence-electron chi connectivity index (χ0n) is 13.5. The van der Waals surface area contributed by atoms with E-state index in [2.05, 4.69) is 36.5 Å². The molecule has 2 nitrogen and oxygen atoms in total. The molecular formula is C19H29NO. The fraction of sp³-hybridized carbons (Fsp3) is 0.579. The Balaban J connectivity index is 1.98. The van der Waals surface area contributed by atoms with Gasteiger partial charge < -0.3 is 10.1 Å². The molecule has 0 aliphatic heterocycles. The van der Waals surface area contributed by atoms with Crippen molar-refractivity contribution < 1.29 is 4.74 Å². The molecule has 2 heteroatoms. The smallest absolute Gasteiger partial charge is 0.119 e. The largest absolute Gasteiger partial charge is 0.497 e. The number of nitrogens with one attached hydrogen (secondary N) is 1. The summed E-state index contributed by atoms with van der Waals surface area (Å²) < 4.78 is 5.34. The monoisotopic (exact) mass is 287 g/mol. The zero-order valence-corrected chi connectivity index (χ0v) is 13.5. The van der Waals surface area contributed by atoms with E-state index < -0.39 is 0 Å². The molecule has 1 unspecified atom stereocenters. The second kappa shape index (κ2) is 8.89. The molecule has 0 aromatic heterocycles. The summed E-state index contributed by atoms with van der Waals surface area (Å²) >= 11 is 0. The van der Waals surface area contributed by atoms with Gasteiger partial charge in [0.25, 0.3) is 0 Å². The van der Waals surface area contributed by atoms with Gasteiger partial charge in [0.05, 0.1) is 7.11 Å². The normalized spacial score (nSPS) is 16.4. The van der Waals surface area contributed by atoms with Crippen LogP contribution in [0.5, 0.6) is 5.75 Å². The van der Waals surface area contributed by atoms with Crippen molar-refractivity contribution >= 4 is 0 Å². The highest BCUT2D eigenvalue weighted by Crippen LogP contribution is 2.23. The Hall–Kier alpha value is -1.28. The first-order valence-electron chi connectivity index (χ1n) is 8.36. The average molecular weight is 287 g/mol. The molecule has 0 fully saturated rings. The van der Waals surface area contributed by atoms with Crippen LogP contribution in [0, 0.1) is 0 Å². The second-order valence-electron chi connectivity index (χ2n) is 6.02. The Morgan fingerprint density at radius 1 is 1.24 bits per heavy atom. The van der Waals surface area contributed by atoms with E-state index in [0.29, 0.717) is 6.04 Å². The third-order valence-electron chi connectivity index (χ3n) is 4.19. The van der Waals surface area contributed by atoms with E-state index in [1.165, 1.54) is 44.1 Å². The zero-order chi connectivity index (χ0) is 14.9. The van der Waals surface area contributed by atoms with Crippen molar-refractivity contribution in [1.82, 2.24) is 5.32 Å². The molecule has 21 heavy (non-hydrogen) atoms. The third-order valence-corrected chi connectivity index (χ3v) is 4.19. The van der Waals surface area contributed by atoms with Crippen LogP contribution in [0.4, 0.5) is 0 Å². The molecular weight excluding hydrogens is 258 g/mol. The lowest BCUT2D eigenvalue weighted by molar-refractivity contribution is 0.413. The van der Waals surface area contributed by atoms with Gasteiger partial charge in [-0.15, -0.1) is 0 Å². The minimum Gasteiger partial charge on any atom is -0.497 e. The molecule has 1 aliphatic rings. The summed E-state index contributed by atoms with van der Waals surface area (Å²) in [6.07, 6.45) is 11.2. The molecule has 1 atom stereocenters. The highest BCUT2D eigenvalue weighted by Gasteiger charge is 2.13. The molecule has 116 valence electrons. The first kappa shape index (κ1) is 16.1. The average Bonchev–Trinajstić information content (AvgIpc) is 2.54. The number of methoxy groups -OCH3 is 1. The highest BCUT2D eigenvalue weighted by molar-refractivity contribution is 5.29. The number of benzene rings is 1. The van der Waals surface area contributed by atoms with Crippen molar-refractivity contribution in [2.45, 2.75) is 57.9 Å². The van der Waals surface area contributed by atoms with Gasteiger partial charge in [-0.05, 0) is 69.2 Å². The van der Waals surface area contributed by atoms with Crippen molar-refractivity contribution in [2.75, 3.05) is 13.7 Å². The van der Waals surface area contributed by atoms with E-state index in [0.717, 1.165) is 18.7 Å². The molecule has 0 saturated carbocycles. The molecule has 1 aliphatic carbocycles. The van der Waals surface area contributed by atoms with Crippen LogP contribution in [0.3, 0.4) is 0 Å². The number of ether oxygens (including phenoxy) is 1. The van der Waals surface area contributed by atoms with Crippen molar-refractivity contribution in [3.63, 3.8) is 0 Å². The highest BCUT2D eigenvalue weighted by atomic mass is 16.5. The van der Waals surface area contributed by atoms with E-state index in [1.807, 2.05) is 6.07 Å². The van der Waals surface area contributed by atoms with Gasteiger partial charge in [0.1, 0.15) is 5.75 Å². The Kier molecular flexibility index (Phi) is 6.81. The van der Waals surface area contributed by atoms with Gasteiger partial charge in [-0.25, -0.2) is 0 Å². The van der Waals surface area contributed by atoms with Crippen molar-refractivity contribution in [2.24, 2.45) is 0 Å². The van der Waals surface area contributed by atoms with Gasteiger partial charge in [0.2, 0.25) is 0 Å². The fourth-order valence-corrected chi connectivity index (χ4v) is 3.06. The third kappa shape index (κ3) is 5.55. The Morgan fingerprint density at radius 3 is 2.86 bits per heavy atom. The van der Waals surface area contributed by atoms with Crippen molar-refractivity contribution in [1.29, 1.82) is 0 Å². The Labute approximate surface area is 129 Å². The molecule has 0 heterocycles. The first-order valence-corrected chi connectivity index (χ1v) is 8.36. The number of hydrogen-bond donors (Lipinski definition) is 1. The minimum absolute atomic E-state index is 0.543. The van der Waals surface area contributed by atoms with E-state index in [1.54, 1.807) is 12.7 Å². The maximum absolute atomic E-state index is 5.34. The first-order chi connectivity index (χ1) is 10.3. The molecule has 1 aromatic carbocycles. The van der Waals surface area contributed by atoms with Crippen LogP contribution in [0.1, 0.15) is 51.0 Å². The minimum atomic E-state index is 0.543. The second-order valence-corrected chi connectivity index (χ2v) is 6.02. The van der Waals surface area contributed by atoms with Crippen LogP contribution < -0.4 is 10.1 Å². The van der Waals surface area contributed by atoms with Gasteiger partial charge >= 0.3 is 0 Å². The predicted octanol–water partition coefficient (Wildman–Crippen LogP) is 4.50. The lowest BCUT2D eigenvalue weighted by Gasteiger charge is -2.22. The molecule has 0 bridgehead atoms. The molecule has 1 N–H and O–H groups in total. The topological polar surface area (TPSA) is 21.3 Å². The quantitative estimate of drug-likeness (QED) is 0.711. The molecule has 2 rings (SSSR count). The summed E-state index contributed by atoms with van der Waals surface area (Å²) in [5.74, 6) is 0.957. The number of allylic oxidation sites excluding steroid dienone is 1. The summed E-state index contributed by atoms with van der Waals surface area (Å²) in [5, 5.41) is 3.72. The summed E-state index contributed by atoms with van der Waals surface area (Å²) in [6.45, 7) is 3.33. The van der Waals surface area contributed by atoms with Crippen LogP contribution in [0.15, 0.2) is 35.9 Å². The van der Waals surface area contributed by atoms with Crippen molar-refractivity contribution in [3.8, 4) is 5.75 Å². The van der Waals surface area contributed by atoms with Gasteiger partial charge in [-0.2, -0.15) is 0 Å². The number of hydrogen-bond acceptors (Lipinski definition) is 2. The van der Waals surface area contributed by atoms with E-state index >= 15 is 0 Å². The maximum Gasteiger partial charge on any atom is 0.119 e. The van der Waals surface area contributed by atoms with E-state index in [4.69, 9.17) is 4.74 Å². The molecule has 0 saturated heterocycles. The van der Waals surface area contributed by atoms with Gasteiger partial charge in [0.15, 0.2) is 0 Å². The Bertz CT molecular complexity index is 453. The van der Waals surface area contributed by atoms with Gasteiger partial charge in [-0.1, -0.05) is 30.7 Å². The fourth-order valence-electron chi connectivity index (χ4n) is 3.06. The number of rotatable bonds is 8. The predicted molar refractivity (Wildman–Crippen MR) is 89.9 cm³/mol. The van der Waals surface area contributed by atoms with Crippen molar-refractivity contribution in [3.05, 3.63) is 41.5 Å². The van der Waals surface area contributed by atoms with E-state index in [9.17, 15) is 0 Å². The summed E-state index contributed by atoms with van der Waals surface area (Å²) in [4.78, 5) is 0. The van der Waals surface area contributed by atoms with Crippen LogP contribution >= 0.6 is 0 Å². The van der Waals surface area contributed by atoms with Gasteiger partial charge in [-0.3, -0.25) is 0 Å². The molecule has 0 radical (unpaired) electrons. The van der Waals surface area contributed by atoms with Crippen LogP contribution in [-0.2, 0) is 6.42 Å². The Morgan fingerprint density at radius 2 is 2.14 bits per heavy atom. The van der Waals surface area contributed by atoms with Crippen LogP contribution in [-0.4, -0.2) is 19.7 Å². The summed E-state index contributed by atoms with van der Waals surface area (Å²) in [6, 6.07) is 9.02. The maximum atomic E-state index is 5.34.